The van der Waals surface area contributed by atoms with Crippen LogP contribution >= 0.6 is 11.8 Å². The zero-order valence-corrected chi connectivity index (χ0v) is 17.3. The van der Waals surface area contributed by atoms with Crippen molar-refractivity contribution in [3.63, 3.8) is 0 Å². The van der Waals surface area contributed by atoms with Crippen LogP contribution in [0.5, 0.6) is 0 Å². The number of aryl methyl sites for hydroxylation is 2. The van der Waals surface area contributed by atoms with Crippen molar-refractivity contribution in [1.82, 2.24) is 0 Å². The Balaban J connectivity index is 1.42. The summed E-state index contributed by atoms with van der Waals surface area (Å²) < 4.78 is 0. The smallest absolute Gasteiger partial charge is 0.234 e. The minimum absolute atomic E-state index is 0.0959. The fourth-order valence-electron chi connectivity index (χ4n) is 3.31. The summed E-state index contributed by atoms with van der Waals surface area (Å²) in [5, 5.41) is 5.76. The topological polar surface area (TPSA) is 61.4 Å². The van der Waals surface area contributed by atoms with Crippen molar-refractivity contribution in [2.24, 2.45) is 0 Å². The Morgan fingerprint density at radius 3 is 2.07 bits per heavy atom. The molecule has 1 aliphatic heterocycles. The SMILES string of the molecule is Cc1ccc(NC(=O)CSCC(=O)Nc2ccc(N3CCCC3)c(C)c2)cc1. The Morgan fingerprint density at radius 2 is 1.46 bits per heavy atom. The zero-order chi connectivity index (χ0) is 19.9. The Morgan fingerprint density at radius 1 is 0.893 bits per heavy atom. The van der Waals surface area contributed by atoms with Gasteiger partial charge in [0.1, 0.15) is 0 Å². The maximum absolute atomic E-state index is 12.2. The van der Waals surface area contributed by atoms with Gasteiger partial charge in [-0.15, -0.1) is 11.8 Å². The van der Waals surface area contributed by atoms with E-state index in [1.807, 2.05) is 43.3 Å². The number of hydrogen-bond acceptors (Lipinski definition) is 4. The zero-order valence-electron chi connectivity index (χ0n) is 16.5. The van der Waals surface area contributed by atoms with Crippen LogP contribution in [0.4, 0.5) is 17.1 Å². The lowest BCUT2D eigenvalue weighted by atomic mass is 10.1. The van der Waals surface area contributed by atoms with Crippen molar-refractivity contribution in [1.29, 1.82) is 0 Å². The van der Waals surface area contributed by atoms with E-state index in [9.17, 15) is 9.59 Å². The number of rotatable bonds is 7. The molecule has 1 heterocycles. The van der Waals surface area contributed by atoms with Crippen LogP contribution in [-0.4, -0.2) is 36.4 Å². The highest BCUT2D eigenvalue weighted by Crippen LogP contribution is 2.26. The Labute approximate surface area is 170 Å². The van der Waals surface area contributed by atoms with Gasteiger partial charge in [0.2, 0.25) is 11.8 Å². The molecule has 1 fully saturated rings. The average Bonchev–Trinajstić information content (AvgIpc) is 3.18. The van der Waals surface area contributed by atoms with Gasteiger partial charge in [-0.05, 0) is 62.6 Å². The highest BCUT2D eigenvalue weighted by Gasteiger charge is 2.15. The third-order valence-corrected chi connectivity index (χ3v) is 5.66. The van der Waals surface area contributed by atoms with E-state index >= 15 is 0 Å². The van der Waals surface area contributed by atoms with E-state index in [2.05, 4.69) is 28.5 Å². The van der Waals surface area contributed by atoms with Crippen LogP contribution < -0.4 is 15.5 Å². The molecule has 2 aromatic carbocycles. The molecule has 0 aliphatic carbocycles. The summed E-state index contributed by atoms with van der Waals surface area (Å²) in [6.45, 7) is 6.29. The first-order valence-electron chi connectivity index (χ1n) is 9.61. The highest BCUT2D eigenvalue weighted by molar-refractivity contribution is 8.00. The Bertz CT molecular complexity index is 830. The first-order chi connectivity index (χ1) is 13.5. The molecule has 2 aromatic rings. The molecule has 1 saturated heterocycles. The van der Waals surface area contributed by atoms with Crippen molar-refractivity contribution in [3.05, 3.63) is 53.6 Å². The molecule has 28 heavy (non-hydrogen) atoms. The molecular formula is C22H27N3O2S. The molecule has 148 valence electrons. The summed E-state index contributed by atoms with van der Waals surface area (Å²) in [4.78, 5) is 26.5. The number of thioether (sulfide) groups is 1. The van der Waals surface area contributed by atoms with Gasteiger partial charge < -0.3 is 15.5 Å². The Kier molecular flexibility index (Phi) is 6.98. The summed E-state index contributed by atoms with van der Waals surface area (Å²) in [7, 11) is 0. The molecule has 2 amide bonds. The minimum Gasteiger partial charge on any atom is -0.371 e. The van der Waals surface area contributed by atoms with E-state index in [1.165, 1.54) is 35.9 Å². The molecule has 0 aromatic heterocycles. The number of amides is 2. The predicted octanol–water partition coefficient (Wildman–Crippen LogP) is 4.21. The third-order valence-electron chi connectivity index (χ3n) is 4.73. The number of anilines is 3. The van der Waals surface area contributed by atoms with Crippen molar-refractivity contribution < 1.29 is 9.59 Å². The molecule has 0 bridgehead atoms. The van der Waals surface area contributed by atoms with Gasteiger partial charge in [-0.1, -0.05) is 17.7 Å². The second-order valence-electron chi connectivity index (χ2n) is 7.15. The first kappa shape index (κ1) is 20.3. The lowest BCUT2D eigenvalue weighted by Crippen LogP contribution is -2.20. The standard InChI is InChI=1S/C22H27N3O2S/c1-16-5-7-18(8-6-16)23-21(26)14-28-15-22(27)24-19-9-10-20(17(2)13-19)25-11-3-4-12-25/h5-10,13H,3-4,11-12,14-15H2,1-2H3,(H,23,26)(H,24,27). The van der Waals surface area contributed by atoms with Crippen molar-refractivity contribution in [2.75, 3.05) is 40.1 Å². The molecule has 0 spiro atoms. The van der Waals surface area contributed by atoms with Crippen molar-refractivity contribution in [2.45, 2.75) is 26.7 Å². The second kappa shape index (κ2) is 9.64. The van der Waals surface area contributed by atoms with Crippen LogP contribution in [0.2, 0.25) is 0 Å². The number of carbonyl (C=O) groups excluding carboxylic acids is 2. The van der Waals surface area contributed by atoms with E-state index < -0.39 is 0 Å². The van der Waals surface area contributed by atoms with E-state index in [-0.39, 0.29) is 23.3 Å². The van der Waals surface area contributed by atoms with Crippen LogP contribution in [0.15, 0.2) is 42.5 Å². The van der Waals surface area contributed by atoms with Crippen LogP contribution in [0.3, 0.4) is 0 Å². The Hall–Kier alpha value is -2.47. The molecule has 1 aliphatic rings. The lowest BCUT2D eigenvalue weighted by Gasteiger charge is -2.20. The summed E-state index contributed by atoms with van der Waals surface area (Å²) in [5.74, 6) is 0.288. The van der Waals surface area contributed by atoms with Gasteiger partial charge in [-0.3, -0.25) is 9.59 Å². The maximum atomic E-state index is 12.2. The van der Waals surface area contributed by atoms with E-state index in [1.54, 1.807) is 0 Å². The van der Waals surface area contributed by atoms with Gasteiger partial charge >= 0.3 is 0 Å². The molecule has 0 saturated carbocycles. The molecule has 2 N–H and O–H groups in total. The van der Waals surface area contributed by atoms with Crippen LogP contribution in [0.25, 0.3) is 0 Å². The summed E-state index contributed by atoms with van der Waals surface area (Å²) >= 11 is 1.31. The lowest BCUT2D eigenvalue weighted by molar-refractivity contribution is -0.114. The van der Waals surface area contributed by atoms with Gasteiger partial charge in [0, 0.05) is 30.2 Å². The number of hydrogen-bond donors (Lipinski definition) is 2. The normalized spacial score (nSPS) is 13.4. The van der Waals surface area contributed by atoms with E-state index in [0.29, 0.717) is 0 Å². The monoisotopic (exact) mass is 397 g/mol. The van der Waals surface area contributed by atoms with Gasteiger partial charge in [0.05, 0.1) is 11.5 Å². The average molecular weight is 398 g/mol. The quantitative estimate of drug-likeness (QED) is 0.735. The number of carbonyl (C=O) groups is 2. The number of nitrogens with zero attached hydrogens (tertiary/aromatic N) is 1. The largest absolute Gasteiger partial charge is 0.371 e. The van der Waals surface area contributed by atoms with Crippen molar-refractivity contribution >= 4 is 40.6 Å². The third kappa shape index (κ3) is 5.76. The summed E-state index contributed by atoms with van der Waals surface area (Å²) in [6, 6.07) is 13.7. The van der Waals surface area contributed by atoms with Crippen LogP contribution in [0.1, 0.15) is 24.0 Å². The number of nitrogens with one attached hydrogen (secondary N) is 2. The predicted molar refractivity (Wildman–Crippen MR) is 118 cm³/mol. The van der Waals surface area contributed by atoms with Crippen LogP contribution in [-0.2, 0) is 9.59 Å². The molecule has 3 rings (SSSR count). The highest BCUT2D eigenvalue weighted by atomic mass is 32.2. The van der Waals surface area contributed by atoms with Crippen LogP contribution in [0, 0.1) is 13.8 Å². The number of benzene rings is 2. The second-order valence-corrected chi connectivity index (χ2v) is 8.14. The van der Waals surface area contributed by atoms with E-state index in [0.717, 1.165) is 30.0 Å². The molecular weight excluding hydrogens is 370 g/mol. The van der Waals surface area contributed by atoms with Crippen molar-refractivity contribution in [3.8, 4) is 0 Å². The molecule has 5 nitrogen and oxygen atoms in total. The summed E-state index contributed by atoms with van der Waals surface area (Å²) in [5.41, 5.74) is 5.14. The van der Waals surface area contributed by atoms with Gasteiger partial charge in [-0.25, -0.2) is 0 Å². The fraction of sp³-hybridized carbons (Fsp3) is 0.364. The molecule has 0 radical (unpaired) electrons. The van der Waals surface area contributed by atoms with Gasteiger partial charge in [-0.2, -0.15) is 0 Å². The minimum atomic E-state index is -0.104. The first-order valence-corrected chi connectivity index (χ1v) is 10.8. The summed E-state index contributed by atoms with van der Waals surface area (Å²) in [6.07, 6.45) is 2.49. The van der Waals surface area contributed by atoms with E-state index in [4.69, 9.17) is 0 Å². The maximum Gasteiger partial charge on any atom is 0.234 e. The fourth-order valence-corrected chi connectivity index (χ4v) is 3.93. The molecule has 0 atom stereocenters. The van der Waals surface area contributed by atoms with Gasteiger partial charge in [0.25, 0.3) is 0 Å². The molecule has 6 heteroatoms. The van der Waals surface area contributed by atoms with Gasteiger partial charge in [0.15, 0.2) is 0 Å². The molecule has 0 unspecified atom stereocenters.